The zero-order valence-corrected chi connectivity index (χ0v) is 10.3. The molecule has 1 aliphatic heterocycles. The van der Waals surface area contributed by atoms with Gasteiger partial charge in [-0.15, -0.1) is 0 Å². The van der Waals surface area contributed by atoms with Gasteiger partial charge in [-0.3, -0.25) is 4.79 Å². The van der Waals surface area contributed by atoms with Crippen LogP contribution in [0, 0.1) is 0 Å². The third-order valence-electron chi connectivity index (χ3n) is 2.62. The summed E-state index contributed by atoms with van der Waals surface area (Å²) < 4.78 is 6.20. The monoisotopic (exact) mass is 281 g/mol. The molecule has 0 radical (unpaired) electrons. The van der Waals surface area contributed by atoms with Crippen LogP contribution >= 0.6 is 15.9 Å². The fraction of sp³-hybridized carbons (Fsp3) is 0.250. The van der Waals surface area contributed by atoms with E-state index in [0.717, 1.165) is 10.0 Å². The van der Waals surface area contributed by atoms with Crippen LogP contribution in [-0.2, 0) is 15.1 Å². The first-order valence-corrected chi connectivity index (χ1v) is 5.74. The first kappa shape index (κ1) is 11.4. The van der Waals surface area contributed by atoms with Crippen LogP contribution in [0.3, 0.4) is 0 Å². The van der Waals surface area contributed by atoms with Crippen molar-refractivity contribution in [1.82, 2.24) is 5.32 Å². The lowest BCUT2D eigenvalue weighted by molar-refractivity contribution is -0.129. The summed E-state index contributed by atoms with van der Waals surface area (Å²) >= 11 is 3.42. The lowest BCUT2D eigenvalue weighted by Crippen LogP contribution is -2.59. The van der Waals surface area contributed by atoms with Crippen molar-refractivity contribution >= 4 is 21.8 Å². The highest BCUT2D eigenvalue weighted by Crippen LogP contribution is 2.31. The Labute approximate surface area is 103 Å². The molecule has 1 saturated heterocycles. The minimum absolute atomic E-state index is 0.178. The van der Waals surface area contributed by atoms with Gasteiger partial charge in [-0.2, -0.15) is 0 Å². The Hall–Kier alpha value is -1.13. The van der Waals surface area contributed by atoms with Crippen molar-refractivity contribution in [3.05, 3.63) is 47.0 Å². The third kappa shape index (κ3) is 2.03. The molecule has 16 heavy (non-hydrogen) atoms. The lowest BCUT2D eigenvalue weighted by Gasteiger charge is -2.42. The van der Waals surface area contributed by atoms with Crippen molar-refractivity contribution in [2.45, 2.75) is 5.54 Å². The fourth-order valence-electron chi connectivity index (χ4n) is 1.69. The molecular weight excluding hydrogens is 270 g/mol. The maximum atomic E-state index is 11.4. The Balaban J connectivity index is 2.27. The predicted molar refractivity (Wildman–Crippen MR) is 65.0 cm³/mol. The number of ether oxygens (including phenoxy) is 1. The van der Waals surface area contributed by atoms with Crippen LogP contribution in [0.2, 0.25) is 0 Å². The van der Waals surface area contributed by atoms with Crippen molar-refractivity contribution in [3.8, 4) is 0 Å². The van der Waals surface area contributed by atoms with Gasteiger partial charge in [-0.1, -0.05) is 34.6 Å². The molecule has 1 N–H and O–H groups in total. The number of rotatable bonds is 3. The van der Waals surface area contributed by atoms with Gasteiger partial charge in [0, 0.05) is 4.47 Å². The number of carbonyl (C=O) groups excluding carboxylic acids is 1. The predicted octanol–water partition coefficient (Wildman–Crippen LogP) is 1.98. The number of carbonyl (C=O) groups is 1. The Kier molecular flexibility index (Phi) is 3.12. The standard InChI is InChI=1S/C12H12BrNO2/c1-2-11(15)14-12(7-16-8-12)9-4-3-5-10(13)6-9/h2-6H,1,7-8H2,(H,14,15). The molecule has 0 unspecified atom stereocenters. The van der Waals surface area contributed by atoms with Gasteiger partial charge >= 0.3 is 0 Å². The van der Waals surface area contributed by atoms with Crippen LogP contribution in [0.25, 0.3) is 0 Å². The molecule has 1 heterocycles. The van der Waals surface area contributed by atoms with E-state index >= 15 is 0 Å². The zero-order chi connectivity index (χ0) is 11.6. The van der Waals surface area contributed by atoms with Crippen molar-refractivity contribution < 1.29 is 9.53 Å². The summed E-state index contributed by atoms with van der Waals surface area (Å²) in [7, 11) is 0. The molecule has 4 heteroatoms. The van der Waals surface area contributed by atoms with Crippen molar-refractivity contribution in [1.29, 1.82) is 0 Å². The summed E-state index contributed by atoms with van der Waals surface area (Å²) in [5.41, 5.74) is 0.651. The van der Waals surface area contributed by atoms with E-state index in [1.807, 2.05) is 24.3 Å². The Bertz CT molecular complexity index is 427. The van der Waals surface area contributed by atoms with Gasteiger partial charge in [-0.25, -0.2) is 0 Å². The van der Waals surface area contributed by atoms with E-state index in [0.29, 0.717) is 13.2 Å². The molecule has 1 aromatic rings. The summed E-state index contributed by atoms with van der Waals surface area (Å²) in [6.07, 6.45) is 1.28. The number of benzene rings is 1. The van der Waals surface area contributed by atoms with E-state index in [2.05, 4.69) is 27.8 Å². The first-order valence-electron chi connectivity index (χ1n) is 4.95. The molecule has 3 nitrogen and oxygen atoms in total. The van der Waals surface area contributed by atoms with Gasteiger partial charge in [0.1, 0.15) is 5.54 Å². The number of hydrogen-bond acceptors (Lipinski definition) is 2. The van der Waals surface area contributed by atoms with E-state index in [4.69, 9.17) is 4.74 Å². The largest absolute Gasteiger partial charge is 0.376 e. The molecule has 0 spiro atoms. The highest BCUT2D eigenvalue weighted by Gasteiger charge is 2.41. The zero-order valence-electron chi connectivity index (χ0n) is 8.70. The topological polar surface area (TPSA) is 38.3 Å². The summed E-state index contributed by atoms with van der Waals surface area (Å²) in [5, 5.41) is 2.92. The van der Waals surface area contributed by atoms with Crippen molar-refractivity contribution in [2.75, 3.05) is 13.2 Å². The van der Waals surface area contributed by atoms with Crippen molar-refractivity contribution in [2.24, 2.45) is 0 Å². The molecule has 0 atom stereocenters. The molecule has 1 aromatic carbocycles. The van der Waals surface area contributed by atoms with Crippen LogP contribution in [0.15, 0.2) is 41.4 Å². The summed E-state index contributed by atoms with van der Waals surface area (Å²) in [6.45, 7) is 4.46. The molecule has 0 saturated carbocycles. The van der Waals surface area contributed by atoms with Gasteiger partial charge in [-0.05, 0) is 23.8 Å². The van der Waals surface area contributed by atoms with Crippen LogP contribution in [0.5, 0.6) is 0 Å². The molecule has 1 amide bonds. The van der Waals surface area contributed by atoms with E-state index in [9.17, 15) is 4.79 Å². The maximum Gasteiger partial charge on any atom is 0.244 e. The Morgan fingerprint density at radius 2 is 2.31 bits per heavy atom. The fourth-order valence-corrected chi connectivity index (χ4v) is 2.09. The smallest absolute Gasteiger partial charge is 0.244 e. The van der Waals surface area contributed by atoms with Gasteiger partial charge in [0.2, 0.25) is 5.91 Å². The molecule has 2 rings (SSSR count). The molecular formula is C12H12BrNO2. The van der Waals surface area contributed by atoms with Gasteiger partial charge < -0.3 is 10.1 Å². The lowest BCUT2D eigenvalue weighted by atomic mass is 9.88. The molecule has 0 aliphatic carbocycles. The average Bonchev–Trinajstić information content (AvgIpc) is 2.23. The molecule has 0 aromatic heterocycles. The van der Waals surface area contributed by atoms with E-state index in [1.165, 1.54) is 6.08 Å². The van der Waals surface area contributed by atoms with Crippen molar-refractivity contribution in [3.63, 3.8) is 0 Å². The number of halogens is 1. The van der Waals surface area contributed by atoms with Crippen LogP contribution in [0.4, 0.5) is 0 Å². The highest BCUT2D eigenvalue weighted by molar-refractivity contribution is 9.10. The summed E-state index contributed by atoms with van der Waals surface area (Å²) in [6, 6.07) is 7.87. The van der Waals surface area contributed by atoms with E-state index < -0.39 is 5.54 Å². The first-order chi connectivity index (χ1) is 7.66. The van der Waals surface area contributed by atoms with Gasteiger partial charge in [0.15, 0.2) is 0 Å². The maximum absolute atomic E-state index is 11.4. The second kappa shape index (κ2) is 4.39. The van der Waals surface area contributed by atoms with Gasteiger partial charge in [0.05, 0.1) is 13.2 Å². The Morgan fingerprint density at radius 1 is 1.56 bits per heavy atom. The molecule has 1 fully saturated rings. The van der Waals surface area contributed by atoms with E-state index in [1.54, 1.807) is 0 Å². The van der Waals surface area contributed by atoms with Crippen LogP contribution in [0.1, 0.15) is 5.56 Å². The van der Waals surface area contributed by atoms with Gasteiger partial charge in [0.25, 0.3) is 0 Å². The molecule has 1 aliphatic rings. The summed E-state index contributed by atoms with van der Waals surface area (Å²) in [4.78, 5) is 11.4. The molecule has 0 bridgehead atoms. The minimum atomic E-state index is -0.394. The average molecular weight is 282 g/mol. The molecule has 84 valence electrons. The van der Waals surface area contributed by atoms with E-state index in [-0.39, 0.29) is 5.91 Å². The second-order valence-electron chi connectivity index (χ2n) is 3.78. The Morgan fingerprint density at radius 3 is 2.81 bits per heavy atom. The SMILES string of the molecule is C=CC(=O)NC1(c2cccc(Br)c2)COC1. The number of nitrogens with one attached hydrogen (secondary N) is 1. The van der Waals surface area contributed by atoms with Crippen LogP contribution < -0.4 is 5.32 Å². The number of amides is 1. The normalized spacial score (nSPS) is 17.3. The number of hydrogen-bond donors (Lipinski definition) is 1. The quantitative estimate of drug-likeness (QED) is 0.861. The van der Waals surface area contributed by atoms with Crippen LogP contribution in [-0.4, -0.2) is 19.1 Å². The summed E-state index contributed by atoms with van der Waals surface area (Å²) in [5.74, 6) is -0.178. The third-order valence-corrected chi connectivity index (χ3v) is 3.12. The highest BCUT2D eigenvalue weighted by atomic mass is 79.9. The second-order valence-corrected chi connectivity index (χ2v) is 4.69. The minimum Gasteiger partial charge on any atom is -0.376 e.